The first kappa shape index (κ1) is 18.2. The molecule has 114 valence electrons. The maximum Gasteiger partial charge on any atom is 0.312 e. The van der Waals surface area contributed by atoms with Crippen LogP contribution in [0.3, 0.4) is 0 Å². The van der Waals surface area contributed by atoms with Crippen LogP contribution in [-0.2, 0) is 0 Å². The van der Waals surface area contributed by atoms with Gasteiger partial charge in [-0.25, -0.2) is 4.79 Å². The summed E-state index contributed by atoms with van der Waals surface area (Å²) in [5.41, 5.74) is 5.10. The Morgan fingerprint density at radius 2 is 1.84 bits per heavy atom. The van der Waals surface area contributed by atoms with Gasteiger partial charge in [-0.15, -0.1) is 0 Å². The smallest absolute Gasteiger partial charge is 0.312 e. The Labute approximate surface area is 118 Å². The van der Waals surface area contributed by atoms with Gasteiger partial charge in [0.25, 0.3) is 0 Å². The highest BCUT2D eigenvalue weighted by Gasteiger charge is 2.19. The number of carbonyl (C=O) groups is 1. The van der Waals surface area contributed by atoms with Crippen molar-refractivity contribution >= 4 is 6.03 Å². The van der Waals surface area contributed by atoms with E-state index in [1.54, 1.807) is 0 Å². The van der Waals surface area contributed by atoms with Gasteiger partial charge in [-0.3, -0.25) is 0 Å². The molecule has 0 spiro atoms. The molecule has 0 aromatic carbocycles. The first-order valence-corrected chi connectivity index (χ1v) is 7.41. The summed E-state index contributed by atoms with van der Waals surface area (Å²) in [6, 6.07) is -0.422. The fourth-order valence-electron chi connectivity index (χ4n) is 2.42. The van der Waals surface area contributed by atoms with Crippen LogP contribution in [0.5, 0.6) is 0 Å². The summed E-state index contributed by atoms with van der Waals surface area (Å²) in [6.45, 7) is 7.36. The van der Waals surface area contributed by atoms with Crippen LogP contribution in [0.1, 0.15) is 32.6 Å². The van der Waals surface area contributed by atoms with Gasteiger partial charge in [0.2, 0.25) is 0 Å². The number of nitrogens with zero attached hydrogens (tertiary/aromatic N) is 2. The first-order chi connectivity index (χ1) is 8.89. The van der Waals surface area contributed by atoms with Crippen molar-refractivity contribution in [3.8, 4) is 0 Å². The second kappa shape index (κ2) is 10.0. The highest BCUT2D eigenvalue weighted by molar-refractivity contribution is 5.71. The molecule has 0 rings (SSSR count). The molecule has 0 aliphatic carbocycles. The van der Waals surface area contributed by atoms with Crippen LogP contribution in [0.15, 0.2) is 0 Å². The number of nitrogens with one attached hydrogen (secondary N) is 1. The van der Waals surface area contributed by atoms with Crippen molar-refractivity contribution in [2.45, 2.75) is 32.6 Å². The lowest BCUT2D eigenvalue weighted by molar-refractivity contribution is -0.908. The summed E-state index contributed by atoms with van der Waals surface area (Å²) >= 11 is 0. The van der Waals surface area contributed by atoms with Gasteiger partial charge in [-0.2, -0.15) is 0 Å². The number of urea groups is 1. The standard InChI is InChI=1S/C14H32N4O/c1-5-11-18(4,13-9-16-14(15)19)12-8-6-7-10-17(2)3/h5-13H2,1-4H3,(H2-,15,16,19)/p+1. The minimum Gasteiger partial charge on any atom is -0.352 e. The maximum atomic E-state index is 10.7. The Kier molecular flexibility index (Phi) is 9.61. The molecule has 1 atom stereocenters. The van der Waals surface area contributed by atoms with Crippen LogP contribution >= 0.6 is 0 Å². The van der Waals surface area contributed by atoms with E-state index in [0.29, 0.717) is 6.54 Å². The number of carbonyl (C=O) groups excluding carboxylic acids is 1. The molecule has 0 saturated heterocycles. The number of nitrogens with two attached hydrogens (primary N) is 1. The molecular formula is C14H33N4O+. The third-order valence-corrected chi connectivity index (χ3v) is 3.52. The van der Waals surface area contributed by atoms with E-state index >= 15 is 0 Å². The van der Waals surface area contributed by atoms with E-state index in [1.165, 1.54) is 38.8 Å². The quantitative estimate of drug-likeness (QED) is 0.439. The van der Waals surface area contributed by atoms with E-state index in [0.717, 1.165) is 17.6 Å². The molecule has 0 aromatic rings. The highest BCUT2D eigenvalue weighted by atomic mass is 16.2. The van der Waals surface area contributed by atoms with E-state index in [1.807, 2.05) is 0 Å². The molecule has 0 fully saturated rings. The molecule has 3 N–H and O–H groups in total. The maximum absolute atomic E-state index is 10.7. The third kappa shape index (κ3) is 10.8. The van der Waals surface area contributed by atoms with Crippen LogP contribution in [-0.4, -0.2) is 69.3 Å². The molecule has 2 amide bonds. The lowest BCUT2D eigenvalue weighted by atomic mass is 10.2. The molecule has 5 heteroatoms. The van der Waals surface area contributed by atoms with Crippen molar-refractivity contribution < 1.29 is 9.28 Å². The zero-order valence-electron chi connectivity index (χ0n) is 13.2. The molecule has 0 radical (unpaired) electrons. The summed E-state index contributed by atoms with van der Waals surface area (Å²) in [5, 5.41) is 2.69. The summed E-state index contributed by atoms with van der Waals surface area (Å²) < 4.78 is 1.03. The van der Waals surface area contributed by atoms with Crippen LogP contribution in [0.4, 0.5) is 4.79 Å². The fourth-order valence-corrected chi connectivity index (χ4v) is 2.42. The number of likely N-dealkylation sites (N-methyl/N-ethyl adjacent to an activating group) is 1. The minimum absolute atomic E-state index is 0.422. The van der Waals surface area contributed by atoms with E-state index in [2.05, 4.69) is 38.3 Å². The fraction of sp³-hybridized carbons (Fsp3) is 0.929. The van der Waals surface area contributed by atoms with E-state index < -0.39 is 6.03 Å². The van der Waals surface area contributed by atoms with Gasteiger partial charge < -0.3 is 20.4 Å². The van der Waals surface area contributed by atoms with E-state index in [9.17, 15) is 4.79 Å². The Hall–Kier alpha value is -0.810. The van der Waals surface area contributed by atoms with Crippen LogP contribution in [0.25, 0.3) is 0 Å². The van der Waals surface area contributed by atoms with Gasteiger partial charge >= 0.3 is 6.03 Å². The average molecular weight is 273 g/mol. The normalized spacial score (nSPS) is 14.4. The topological polar surface area (TPSA) is 58.4 Å². The second-order valence-electron chi connectivity index (χ2n) is 5.95. The molecule has 0 aliphatic rings. The minimum atomic E-state index is -0.422. The molecule has 0 heterocycles. The molecule has 0 aromatic heterocycles. The number of rotatable bonds is 11. The molecule has 0 bridgehead atoms. The Morgan fingerprint density at radius 1 is 1.16 bits per heavy atom. The van der Waals surface area contributed by atoms with Gasteiger partial charge in [0.15, 0.2) is 0 Å². The van der Waals surface area contributed by atoms with Gasteiger partial charge in [0.05, 0.1) is 33.2 Å². The Morgan fingerprint density at radius 3 is 2.37 bits per heavy atom. The number of hydrogen-bond acceptors (Lipinski definition) is 2. The van der Waals surface area contributed by atoms with E-state index in [-0.39, 0.29) is 0 Å². The largest absolute Gasteiger partial charge is 0.352 e. The van der Waals surface area contributed by atoms with E-state index in [4.69, 9.17) is 5.73 Å². The Balaban J connectivity index is 3.90. The number of amides is 2. The average Bonchev–Trinajstić information content (AvgIpc) is 2.27. The van der Waals surface area contributed by atoms with Crippen molar-refractivity contribution in [1.29, 1.82) is 0 Å². The summed E-state index contributed by atoms with van der Waals surface area (Å²) in [7, 11) is 6.51. The van der Waals surface area contributed by atoms with Crippen molar-refractivity contribution in [3.05, 3.63) is 0 Å². The number of primary amides is 1. The summed E-state index contributed by atoms with van der Waals surface area (Å²) in [5.74, 6) is 0. The number of hydrogen-bond donors (Lipinski definition) is 2. The van der Waals surface area contributed by atoms with Crippen LogP contribution < -0.4 is 11.1 Å². The predicted octanol–water partition coefficient (Wildman–Crippen LogP) is 1.24. The van der Waals surface area contributed by atoms with Gasteiger partial charge in [0.1, 0.15) is 0 Å². The lowest BCUT2D eigenvalue weighted by Gasteiger charge is -2.34. The van der Waals surface area contributed by atoms with Crippen LogP contribution in [0.2, 0.25) is 0 Å². The molecule has 19 heavy (non-hydrogen) atoms. The number of unbranched alkanes of at least 4 members (excludes halogenated alkanes) is 2. The highest BCUT2D eigenvalue weighted by Crippen LogP contribution is 2.08. The predicted molar refractivity (Wildman–Crippen MR) is 81.1 cm³/mol. The zero-order valence-corrected chi connectivity index (χ0v) is 13.2. The molecule has 5 nitrogen and oxygen atoms in total. The molecule has 1 unspecified atom stereocenters. The zero-order chi connectivity index (χ0) is 14.7. The first-order valence-electron chi connectivity index (χ1n) is 7.41. The SMILES string of the molecule is CCC[N+](C)(CCCCCN(C)C)CCNC(N)=O. The molecular weight excluding hydrogens is 240 g/mol. The second-order valence-corrected chi connectivity index (χ2v) is 5.95. The van der Waals surface area contributed by atoms with Gasteiger partial charge in [0, 0.05) is 0 Å². The van der Waals surface area contributed by atoms with Crippen molar-refractivity contribution in [3.63, 3.8) is 0 Å². The van der Waals surface area contributed by atoms with Crippen molar-refractivity contribution in [2.24, 2.45) is 5.73 Å². The molecule has 0 saturated carbocycles. The lowest BCUT2D eigenvalue weighted by Crippen LogP contribution is -2.50. The third-order valence-electron chi connectivity index (χ3n) is 3.52. The summed E-state index contributed by atoms with van der Waals surface area (Å²) in [4.78, 5) is 12.9. The number of quaternary nitrogens is 1. The Bertz CT molecular complexity index is 246. The van der Waals surface area contributed by atoms with Gasteiger partial charge in [-0.05, 0) is 46.3 Å². The van der Waals surface area contributed by atoms with Gasteiger partial charge in [-0.1, -0.05) is 6.92 Å². The monoisotopic (exact) mass is 273 g/mol. The summed E-state index contributed by atoms with van der Waals surface area (Å²) in [6.07, 6.45) is 4.96. The van der Waals surface area contributed by atoms with Crippen molar-refractivity contribution in [2.75, 3.05) is 53.9 Å². The van der Waals surface area contributed by atoms with Crippen molar-refractivity contribution in [1.82, 2.24) is 10.2 Å². The molecule has 0 aliphatic heterocycles. The van der Waals surface area contributed by atoms with Crippen LogP contribution in [0, 0.1) is 0 Å².